The van der Waals surface area contributed by atoms with Gasteiger partial charge in [0, 0.05) is 29.6 Å². The molecule has 116 valence electrons. The molecule has 1 heterocycles. The minimum absolute atomic E-state index is 0.0652. The molecule has 0 saturated carbocycles. The van der Waals surface area contributed by atoms with Gasteiger partial charge in [-0.05, 0) is 29.8 Å². The van der Waals surface area contributed by atoms with Gasteiger partial charge in [-0.15, -0.1) is 11.3 Å². The highest BCUT2D eigenvalue weighted by molar-refractivity contribution is 7.14. The van der Waals surface area contributed by atoms with Gasteiger partial charge >= 0.3 is 0 Å². The van der Waals surface area contributed by atoms with Crippen molar-refractivity contribution in [2.24, 2.45) is 0 Å². The lowest BCUT2D eigenvalue weighted by Gasteiger charge is -2.02. The first kappa shape index (κ1) is 15.1. The summed E-state index contributed by atoms with van der Waals surface area (Å²) in [6.45, 7) is 0.443. The number of hydrogen-bond donors (Lipinski definition) is 1. The third-order valence-electron chi connectivity index (χ3n) is 3.21. The molecule has 1 aromatic heterocycles. The third-order valence-corrected chi connectivity index (χ3v) is 4.01. The highest BCUT2D eigenvalue weighted by Crippen LogP contribution is 2.25. The second-order valence-corrected chi connectivity index (χ2v) is 5.68. The summed E-state index contributed by atoms with van der Waals surface area (Å²) in [5.74, 6) is -0.284. The monoisotopic (exact) mass is 329 g/mol. The molecule has 0 aliphatic rings. The van der Waals surface area contributed by atoms with Crippen LogP contribution in [0.5, 0.6) is 0 Å². The van der Waals surface area contributed by atoms with E-state index in [-0.39, 0.29) is 11.5 Å². The Bertz CT molecular complexity index is 833. The summed E-state index contributed by atoms with van der Waals surface area (Å²) in [7, 11) is 0. The number of hydrogen-bond acceptors (Lipinski definition) is 5. The van der Waals surface area contributed by atoms with Gasteiger partial charge in [-0.1, -0.05) is 12.1 Å². The van der Waals surface area contributed by atoms with Crippen LogP contribution in [0.4, 0.5) is 15.2 Å². The number of anilines is 1. The molecular weight excluding hydrogens is 317 g/mol. The lowest BCUT2D eigenvalue weighted by Crippen LogP contribution is -1.99. The van der Waals surface area contributed by atoms with E-state index in [0.717, 1.165) is 16.8 Å². The molecule has 3 rings (SSSR count). The van der Waals surface area contributed by atoms with Crippen LogP contribution < -0.4 is 5.32 Å². The summed E-state index contributed by atoms with van der Waals surface area (Å²) in [6, 6.07) is 12.6. The van der Waals surface area contributed by atoms with E-state index in [9.17, 15) is 14.5 Å². The van der Waals surface area contributed by atoms with Crippen molar-refractivity contribution in [2.75, 3.05) is 5.32 Å². The first-order valence-corrected chi connectivity index (χ1v) is 7.68. The molecule has 0 fully saturated rings. The van der Waals surface area contributed by atoms with E-state index < -0.39 is 4.92 Å². The van der Waals surface area contributed by atoms with E-state index >= 15 is 0 Å². The van der Waals surface area contributed by atoms with Crippen molar-refractivity contribution >= 4 is 22.2 Å². The number of nitrogens with zero attached hydrogens (tertiary/aromatic N) is 2. The molecular formula is C16H12FN3O2S. The predicted molar refractivity (Wildman–Crippen MR) is 87.9 cm³/mol. The normalized spacial score (nSPS) is 10.5. The zero-order chi connectivity index (χ0) is 16.2. The number of halogens is 1. The van der Waals surface area contributed by atoms with Gasteiger partial charge in [0.1, 0.15) is 5.82 Å². The molecule has 1 N–H and O–H groups in total. The molecule has 2 aromatic carbocycles. The Balaban J connectivity index is 1.69. The molecule has 0 radical (unpaired) electrons. The summed E-state index contributed by atoms with van der Waals surface area (Å²) in [5.41, 5.74) is 2.47. The van der Waals surface area contributed by atoms with E-state index in [1.165, 1.54) is 35.6 Å². The maximum absolute atomic E-state index is 12.9. The molecule has 0 saturated heterocycles. The van der Waals surface area contributed by atoms with Gasteiger partial charge < -0.3 is 5.32 Å². The topological polar surface area (TPSA) is 68.1 Å². The summed E-state index contributed by atoms with van der Waals surface area (Å²) >= 11 is 1.43. The van der Waals surface area contributed by atoms with Crippen molar-refractivity contribution in [3.63, 3.8) is 0 Å². The Hall–Kier alpha value is -2.80. The SMILES string of the molecule is O=[N+]([O-])c1cccc(CNc2nc(-c3ccc(F)cc3)cs2)c1. The van der Waals surface area contributed by atoms with E-state index in [0.29, 0.717) is 11.7 Å². The molecule has 0 amide bonds. The smallest absolute Gasteiger partial charge is 0.269 e. The van der Waals surface area contributed by atoms with Crippen LogP contribution in [0.2, 0.25) is 0 Å². The zero-order valence-electron chi connectivity index (χ0n) is 11.9. The van der Waals surface area contributed by atoms with Crippen LogP contribution in [0.15, 0.2) is 53.9 Å². The van der Waals surface area contributed by atoms with Crippen LogP contribution in [0.1, 0.15) is 5.56 Å². The Morgan fingerprint density at radius 3 is 2.74 bits per heavy atom. The fraction of sp³-hybridized carbons (Fsp3) is 0.0625. The fourth-order valence-corrected chi connectivity index (χ4v) is 2.78. The maximum Gasteiger partial charge on any atom is 0.269 e. The first-order chi connectivity index (χ1) is 11.1. The molecule has 0 aliphatic heterocycles. The van der Waals surface area contributed by atoms with E-state index in [2.05, 4.69) is 10.3 Å². The molecule has 0 spiro atoms. The van der Waals surface area contributed by atoms with Gasteiger partial charge in [0.05, 0.1) is 10.6 Å². The Morgan fingerprint density at radius 1 is 1.22 bits per heavy atom. The third kappa shape index (κ3) is 3.70. The van der Waals surface area contributed by atoms with Crippen molar-refractivity contribution in [3.05, 3.63) is 75.4 Å². The maximum atomic E-state index is 12.9. The number of rotatable bonds is 5. The highest BCUT2D eigenvalue weighted by Gasteiger charge is 2.07. The second kappa shape index (κ2) is 6.53. The van der Waals surface area contributed by atoms with Crippen LogP contribution in [-0.4, -0.2) is 9.91 Å². The van der Waals surface area contributed by atoms with Crippen LogP contribution >= 0.6 is 11.3 Å². The average Bonchev–Trinajstić information content (AvgIpc) is 3.03. The van der Waals surface area contributed by atoms with Crippen molar-refractivity contribution in [2.45, 2.75) is 6.54 Å². The minimum atomic E-state index is -0.417. The largest absolute Gasteiger partial charge is 0.357 e. The number of nitro groups is 1. The highest BCUT2D eigenvalue weighted by atomic mass is 32.1. The lowest BCUT2D eigenvalue weighted by molar-refractivity contribution is -0.384. The minimum Gasteiger partial charge on any atom is -0.357 e. The van der Waals surface area contributed by atoms with Gasteiger partial charge in [0.15, 0.2) is 5.13 Å². The lowest BCUT2D eigenvalue weighted by atomic mass is 10.2. The van der Waals surface area contributed by atoms with E-state index in [4.69, 9.17) is 0 Å². The van der Waals surface area contributed by atoms with Gasteiger partial charge in [0.25, 0.3) is 5.69 Å². The molecule has 0 bridgehead atoms. The van der Waals surface area contributed by atoms with E-state index in [1.807, 2.05) is 11.4 Å². The average molecular weight is 329 g/mol. The van der Waals surface area contributed by atoms with Gasteiger partial charge in [0.2, 0.25) is 0 Å². The van der Waals surface area contributed by atoms with Crippen LogP contribution in [0.25, 0.3) is 11.3 Å². The molecule has 0 atom stereocenters. The predicted octanol–water partition coefficient (Wildman–Crippen LogP) is 4.47. The van der Waals surface area contributed by atoms with Crippen molar-refractivity contribution < 1.29 is 9.31 Å². The number of nitrogens with one attached hydrogen (secondary N) is 1. The molecule has 3 aromatic rings. The Labute approximate surface area is 135 Å². The van der Waals surface area contributed by atoms with Crippen molar-refractivity contribution in [3.8, 4) is 11.3 Å². The van der Waals surface area contributed by atoms with Gasteiger partial charge in [-0.3, -0.25) is 10.1 Å². The summed E-state index contributed by atoms with van der Waals surface area (Å²) in [4.78, 5) is 14.8. The number of thiazole rings is 1. The number of aromatic nitrogens is 1. The molecule has 0 aliphatic carbocycles. The van der Waals surface area contributed by atoms with E-state index in [1.54, 1.807) is 18.2 Å². The van der Waals surface area contributed by atoms with Gasteiger partial charge in [-0.25, -0.2) is 9.37 Å². The molecule has 0 unspecified atom stereocenters. The van der Waals surface area contributed by atoms with Gasteiger partial charge in [-0.2, -0.15) is 0 Å². The number of non-ortho nitro benzene ring substituents is 1. The quantitative estimate of drug-likeness (QED) is 0.554. The van der Waals surface area contributed by atoms with Crippen molar-refractivity contribution in [1.82, 2.24) is 4.98 Å². The Morgan fingerprint density at radius 2 is 2.00 bits per heavy atom. The Kier molecular flexibility index (Phi) is 4.29. The molecule has 7 heteroatoms. The van der Waals surface area contributed by atoms with Crippen LogP contribution in [-0.2, 0) is 6.54 Å². The van der Waals surface area contributed by atoms with Crippen LogP contribution in [0, 0.1) is 15.9 Å². The first-order valence-electron chi connectivity index (χ1n) is 6.80. The second-order valence-electron chi connectivity index (χ2n) is 4.83. The summed E-state index contributed by atoms with van der Waals surface area (Å²) in [6.07, 6.45) is 0. The zero-order valence-corrected chi connectivity index (χ0v) is 12.7. The fourth-order valence-electron chi connectivity index (χ4n) is 2.07. The molecule has 23 heavy (non-hydrogen) atoms. The standard InChI is InChI=1S/C16H12FN3O2S/c17-13-6-4-12(5-7-13)15-10-23-16(19-15)18-9-11-2-1-3-14(8-11)20(21)22/h1-8,10H,9H2,(H,18,19). The number of nitro benzene ring substituents is 1. The van der Waals surface area contributed by atoms with Crippen LogP contribution in [0.3, 0.4) is 0 Å². The molecule has 5 nitrogen and oxygen atoms in total. The summed E-state index contributed by atoms with van der Waals surface area (Å²) < 4.78 is 12.9. The number of benzene rings is 2. The van der Waals surface area contributed by atoms with Crippen molar-refractivity contribution in [1.29, 1.82) is 0 Å². The summed E-state index contributed by atoms with van der Waals surface area (Å²) in [5, 5.41) is 16.5.